The molecule has 1 aliphatic heterocycles. The zero-order valence-electron chi connectivity index (χ0n) is 13.0. The van der Waals surface area contributed by atoms with Crippen LogP contribution in [0.2, 0.25) is 0 Å². The molecule has 0 bridgehead atoms. The summed E-state index contributed by atoms with van der Waals surface area (Å²) in [6.45, 7) is 4.95. The van der Waals surface area contributed by atoms with E-state index in [0.717, 1.165) is 29.5 Å². The van der Waals surface area contributed by atoms with Crippen LogP contribution in [-0.2, 0) is 0 Å². The number of likely N-dealkylation sites (tertiary alicyclic amines) is 1. The average Bonchev–Trinajstić information content (AvgIpc) is 3.24. The van der Waals surface area contributed by atoms with Crippen LogP contribution < -0.4 is 10.1 Å². The van der Waals surface area contributed by atoms with Gasteiger partial charge in [0.15, 0.2) is 0 Å². The standard InChI is InChI=1S/C17H26N2O2/c1-12-3-6-17(21-2)15(9-12)16(20)10-18-13-7-8-19(11-13)14-4-5-14/h3,6,9,13-14,16,18,20H,4-5,7-8,10-11H2,1-2H3. The van der Waals surface area contributed by atoms with E-state index in [1.807, 2.05) is 25.1 Å². The summed E-state index contributed by atoms with van der Waals surface area (Å²) in [7, 11) is 1.65. The van der Waals surface area contributed by atoms with Gasteiger partial charge in [-0.2, -0.15) is 0 Å². The van der Waals surface area contributed by atoms with Crippen LogP contribution in [0.1, 0.15) is 36.5 Å². The first-order valence-electron chi connectivity index (χ1n) is 7.97. The number of aliphatic hydroxyl groups excluding tert-OH is 1. The molecule has 4 heteroatoms. The first kappa shape index (κ1) is 14.8. The van der Waals surface area contributed by atoms with E-state index in [1.54, 1.807) is 7.11 Å². The Labute approximate surface area is 127 Å². The summed E-state index contributed by atoms with van der Waals surface area (Å²) >= 11 is 0. The number of nitrogens with zero attached hydrogens (tertiary/aromatic N) is 1. The molecule has 0 aromatic heterocycles. The Morgan fingerprint density at radius 3 is 2.90 bits per heavy atom. The van der Waals surface area contributed by atoms with Crippen LogP contribution in [0.25, 0.3) is 0 Å². The van der Waals surface area contributed by atoms with Gasteiger partial charge in [0.2, 0.25) is 0 Å². The van der Waals surface area contributed by atoms with Gasteiger partial charge in [0.05, 0.1) is 13.2 Å². The third kappa shape index (κ3) is 3.57. The highest BCUT2D eigenvalue weighted by Crippen LogP contribution is 2.30. The van der Waals surface area contributed by atoms with Crippen molar-refractivity contribution in [3.05, 3.63) is 29.3 Å². The number of ether oxygens (including phenoxy) is 1. The zero-order valence-corrected chi connectivity index (χ0v) is 13.0. The molecule has 0 spiro atoms. The quantitative estimate of drug-likeness (QED) is 0.839. The molecule has 2 atom stereocenters. The van der Waals surface area contributed by atoms with Crippen LogP contribution >= 0.6 is 0 Å². The molecule has 3 rings (SSSR count). The highest BCUT2D eigenvalue weighted by Gasteiger charge is 2.34. The van der Waals surface area contributed by atoms with Gasteiger partial charge in [0.25, 0.3) is 0 Å². The summed E-state index contributed by atoms with van der Waals surface area (Å²) < 4.78 is 5.35. The lowest BCUT2D eigenvalue weighted by Crippen LogP contribution is -2.35. The molecule has 0 amide bonds. The van der Waals surface area contributed by atoms with E-state index in [0.29, 0.717) is 12.6 Å². The Morgan fingerprint density at radius 1 is 1.38 bits per heavy atom. The van der Waals surface area contributed by atoms with Crippen LogP contribution in [0.5, 0.6) is 5.75 Å². The fourth-order valence-electron chi connectivity index (χ4n) is 3.23. The molecule has 1 aliphatic carbocycles. The van der Waals surface area contributed by atoms with Crippen LogP contribution in [0, 0.1) is 6.92 Å². The summed E-state index contributed by atoms with van der Waals surface area (Å²) in [4.78, 5) is 2.58. The van der Waals surface area contributed by atoms with Crippen molar-refractivity contribution in [3.63, 3.8) is 0 Å². The van der Waals surface area contributed by atoms with Crippen molar-refractivity contribution in [1.29, 1.82) is 0 Å². The van der Waals surface area contributed by atoms with Crippen LogP contribution in [0.3, 0.4) is 0 Å². The molecule has 1 aromatic carbocycles. The van der Waals surface area contributed by atoms with E-state index < -0.39 is 6.10 Å². The van der Waals surface area contributed by atoms with Gasteiger partial charge in [-0.15, -0.1) is 0 Å². The zero-order chi connectivity index (χ0) is 14.8. The summed E-state index contributed by atoms with van der Waals surface area (Å²) in [5.74, 6) is 0.765. The predicted molar refractivity (Wildman–Crippen MR) is 83.7 cm³/mol. The lowest BCUT2D eigenvalue weighted by Gasteiger charge is -2.19. The summed E-state index contributed by atoms with van der Waals surface area (Å²) in [6, 6.07) is 7.30. The van der Waals surface area contributed by atoms with Gasteiger partial charge in [-0.25, -0.2) is 0 Å². The Balaban J connectivity index is 1.54. The fraction of sp³-hybridized carbons (Fsp3) is 0.647. The minimum absolute atomic E-state index is 0.510. The number of methoxy groups -OCH3 is 1. The monoisotopic (exact) mass is 290 g/mol. The lowest BCUT2D eigenvalue weighted by molar-refractivity contribution is 0.165. The molecule has 1 saturated carbocycles. The summed E-state index contributed by atoms with van der Waals surface area (Å²) in [5, 5.41) is 14.0. The molecule has 2 unspecified atom stereocenters. The van der Waals surface area contributed by atoms with E-state index in [9.17, 15) is 5.11 Å². The maximum Gasteiger partial charge on any atom is 0.124 e. The van der Waals surface area contributed by atoms with Gasteiger partial charge in [0, 0.05) is 37.3 Å². The maximum atomic E-state index is 10.4. The molecule has 4 nitrogen and oxygen atoms in total. The van der Waals surface area contributed by atoms with Crippen molar-refractivity contribution in [3.8, 4) is 5.75 Å². The molecule has 0 radical (unpaired) electrons. The minimum atomic E-state index is -0.519. The van der Waals surface area contributed by atoms with Crippen LogP contribution in [0.15, 0.2) is 18.2 Å². The molecule has 1 saturated heterocycles. The third-order valence-electron chi connectivity index (χ3n) is 4.63. The van der Waals surface area contributed by atoms with Gasteiger partial charge in [-0.05, 0) is 38.3 Å². The second-order valence-corrected chi connectivity index (χ2v) is 6.38. The minimum Gasteiger partial charge on any atom is -0.496 e. The van der Waals surface area contributed by atoms with Gasteiger partial charge in [0.1, 0.15) is 5.75 Å². The Hall–Kier alpha value is -1.10. The predicted octanol–water partition coefficient (Wildman–Crippen LogP) is 1.86. The summed E-state index contributed by atoms with van der Waals surface area (Å²) in [6.07, 6.45) is 3.41. The van der Waals surface area contributed by atoms with Crippen molar-refractivity contribution in [1.82, 2.24) is 10.2 Å². The van der Waals surface area contributed by atoms with Gasteiger partial charge in [-0.1, -0.05) is 11.6 Å². The van der Waals surface area contributed by atoms with Crippen molar-refractivity contribution in [2.24, 2.45) is 0 Å². The van der Waals surface area contributed by atoms with Crippen molar-refractivity contribution in [2.45, 2.75) is 44.4 Å². The second-order valence-electron chi connectivity index (χ2n) is 6.38. The normalized spacial score (nSPS) is 24.2. The molecule has 2 N–H and O–H groups in total. The second kappa shape index (κ2) is 6.34. The fourth-order valence-corrected chi connectivity index (χ4v) is 3.23. The molecular formula is C17H26N2O2. The number of hydrogen-bond donors (Lipinski definition) is 2. The van der Waals surface area contributed by atoms with E-state index in [-0.39, 0.29) is 0 Å². The average molecular weight is 290 g/mol. The molecule has 2 aliphatic rings. The summed E-state index contributed by atoms with van der Waals surface area (Å²) in [5.41, 5.74) is 2.02. The molecule has 1 aromatic rings. The molecule has 1 heterocycles. The van der Waals surface area contributed by atoms with Crippen molar-refractivity contribution < 1.29 is 9.84 Å². The molecule has 21 heavy (non-hydrogen) atoms. The van der Waals surface area contributed by atoms with E-state index in [2.05, 4.69) is 10.2 Å². The number of hydrogen-bond acceptors (Lipinski definition) is 4. The van der Waals surface area contributed by atoms with Crippen LogP contribution in [-0.4, -0.2) is 48.8 Å². The van der Waals surface area contributed by atoms with E-state index in [4.69, 9.17) is 4.74 Å². The third-order valence-corrected chi connectivity index (χ3v) is 4.63. The SMILES string of the molecule is COc1ccc(C)cc1C(O)CNC1CCN(C2CC2)C1. The van der Waals surface area contributed by atoms with Crippen molar-refractivity contribution in [2.75, 3.05) is 26.7 Å². The molecule has 116 valence electrons. The topological polar surface area (TPSA) is 44.7 Å². The maximum absolute atomic E-state index is 10.4. The highest BCUT2D eigenvalue weighted by atomic mass is 16.5. The first-order valence-corrected chi connectivity index (χ1v) is 7.97. The Bertz CT molecular complexity index is 488. The Kier molecular flexibility index (Phi) is 4.48. The number of nitrogens with one attached hydrogen (secondary N) is 1. The Morgan fingerprint density at radius 2 is 2.19 bits per heavy atom. The van der Waals surface area contributed by atoms with E-state index in [1.165, 1.54) is 25.8 Å². The number of aryl methyl sites for hydroxylation is 1. The highest BCUT2D eigenvalue weighted by molar-refractivity contribution is 5.38. The largest absolute Gasteiger partial charge is 0.496 e. The van der Waals surface area contributed by atoms with Gasteiger partial charge in [-0.3, -0.25) is 4.90 Å². The van der Waals surface area contributed by atoms with Crippen LogP contribution in [0.4, 0.5) is 0 Å². The number of aliphatic hydroxyl groups is 1. The van der Waals surface area contributed by atoms with Gasteiger partial charge >= 0.3 is 0 Å². The van der Waals surface area contributed by atoms with Gasteiger partial charge < -0.3 is 15.2 Å². The van der Waals surface area contributed by atoms with Crippen molar-refractivity contribution >= 4 is 0 Å². The molecule has 2 fully saturated rings. The smallest absolute Gasteiger partial charge is 0.124 e. The first-order chi connectivity index (χ1) is 10.2. The number of rotatable bonds is 6. The molecular weight excluding hydrogens is 264 g/mol. The van der Waals surface area contributed by atoms with E-state index >= 15 is 0 Å². The number of benzene rings is 1. The lowest BCUT2D eigenvalue weighted by atomic mass is 10.0.